The second-order valence-corrected chi connectivity index (χ2v) is 7.06. The number of fused-ring (bicyclic) bond motifs is 1. The fraction of sp³-hybridized carbons (Fsp3) is 0.167. The van der Waals surface area contributed by atoms with Gasteiger partial charge in [0.2, 0.25) is 11.8 Å². The Morgan fingerprint density at radius 1 is 1.08 bits per heavy atom. The van der Waals surface area contributed by atoms with E-state index in [9.17, 15) is 14.4 Å². The number of amides is 3. The van der Waals surface area contributed by atoms with Gasteiger partial charge in [-0.2, -0.15) is 0 Å². The van der Waals surface area contributed by atoms with E-state index < -0.39 is 0 Å². The molecule has 1 aliphatic heterocycles. The molecule has 6 nitrogen and oxygen atoms in total. The highest BCUT2D eigenvalue weighted by Crippen LogP contribution is 2.36. The van der Waals surface area contributed by atoms with Crippen molar-refractivity contribution in [2.45, 2.75) is 24.0 Å². The number of hydrogen-bond donors (Lipinski definition) is 3. The minimum absolute atomic E-state index is 0.0712. The Bertz CT molecular complexity index is 866. The summed E-state index contributed by atoms with van der Waals surface area (Å²) in [4.78, 5) is 36.3. The molecule has 0 aliphatic carbocycles. The van der Waals surface area contributed by atoms with Gasteiger partial charge < -0.3 is 16.0 Å². The van der Waals surface area contributed by atoms with E-state index in [1.807, 2.05) is 13.0 Å². The molecule has 2 aromatic carbocycles. The zero-order chi connectivity index (χ0) is 18.0. The van der Waals surface area contributed by atoms with Gasteiger partial charge in [0.15, 0.2) is 0 Å². The maximum atomic E-state index is 12.5. The third kappa shape index (κ3) is 4.00. The molecule has 0 radical (unpaired) electrons. The molecule has 0 saturated heterocycles. The summed E-state index contributed by atoms with van der Waals surface area (Å²) < 4.78 is 0. The number of hydrogen-bond acceptors (Lipinski definition) is 4. The molecule has 0 unspecified atom stereocenters. The molecular formula is C18H17N3O3S. The lowest BCUT2D eigenvalue weighted by molar-refractivity contribution is -0.115. The molecular weight excluding hydrogens is 338 g/mol. The Balaban J connectivity index is 1.77. The monoisotopic (exact) mass is 355 g/mol. The van der Waals surface area contributed by atoms with Crippen LogP contribution in [0.15, 0.2) is 47.4 Å². The molecule has 3 N–H and O–H groups in total. The predicted molar refractivity (Wildman–Crippen MR) is 99.1 cm³/mol. The molecule has 25 heavy (non-hydrogen) atoms. The van der Waals surface area contributed by atoms with Crippen molar-refractivity contribution in [3.8, 4) is 0 Å². The number of rotatable bonds is 3. The van der Waals surface area contributed by atoms with Gasteiger partial charge in [-0.05, 0) is 43.3 Å². The van der Waals surface area contributed by atoms with Crippen LogP contribution in [0.5, 0.6) is 0 Å². The van der Waals surface area contributed by atoms with Crippen molar-refractivity contribution in [2.24, 2.45) is 0 Å². The predicted octanol–water partition coefficient (Wildman–Crippen LogP) is 3.33. The number of benzene rings is 2. The second kappa shape index (κ2) is 6.98. The van der Waals surface area contributed by atoms with Crippen LogP contribution in [0.3, 0.4) is 0 Å². The Hall–Kier alpha value is -2.80. The van der Waals surface area contributed by atoms with Crippen molar-refractivity contribution in [1.29, 1.82) is 0 Å². The fourth-order valence-electron chi connectivity index (χ4n) is 2.43. The van der Waals surface area contributed by atoms with Crippen LogP contribution in [0.4, 0.5) is 17.1 Å². The van der Waals surface area contributed by atoms with Crippen molar-refractivity contribution in [3.05, 3.63) is 48.0 Å². The summed E-state index contributed by atoms with van der Waals surface area (Å²) in [5.41, 5.74) is 2.27. The first kappa shape index (κ1) is 17.0. The zero-order valence-electron chi connectivity index (χ0n) is 13.8. The summed E-state index contributed by atoms with van der Waals surface area (Å²) in [6.07, 6.45) is 0. The molecule has 3 amide bonds. The minimum atomic E-state index is -0.291. The van der Waals surface area contributed by atoms with Gasteiger partial charge in [0.25, 0.3) is 5.91 Å². The first-order valence-electron chi connectivity index (χ1n) is 7.73. The van der Waals surface area contributed by atoms with Crippen LogP contribution in [0.1, 0.15) is 24.2 Å². The third-order valence-corrected chi connectivity index (χ3v) is 4.79. The molecule has 0 spiro atoms. The van der Waals surface area contributed by atoms with Crippen LogP contribution in [-0.2, 0) is 9.59 Å². The van der Waals surface area contributed by atoms with Crippen molar-refractivity contribution < 1.29 is 14.4 Å². The number of nitrogens with one attached hydrogen (secondary N) is 3. The number of thioether (sulfide) groups is 1. The topological polar surface area (TPSA) is 87.3 Å². The number of carbonyl (C=O) groups excluding carboxylic acids is 3. The second-order valence-electron chi connectivity index (χ2n) is 5.68. The van der Waals surface area contributed by atoms with Crippen molar-refractivity contribution >= 4 is 46.5 Å². The van der Waals surface area contributed by atoms with Crippen LogP contribution < -0.4 is 16.0 Å². The van der Waals surface area contributed by atoms with Crippen molar-refractivity contribution in [3.63, 3.8) is 0 Å². The number of carbonyl (C=O) groups is 3. The van der Waals surface area contributed by atoms with E-state index in [4.69, 9.17) is 0 Å². The summed E-state index contributed by atoms with van der Waals surface area (Å²) in [5, 5.41) is 8.12. The summed E-state index contributed by atoms with van der Waals surface area (Å²) in [6, 6.07) is 12.1. The molecule has 3 rings (SSSR count). The maximum Gasteiger partial charge on any atom is 0.255 e. The van der Waals surface area contributed by atoms with Gasteiger partial charge in [0, 0.05) is 28.8 Å². The summed E-state index contributed by atoms with van der Waals surface area (Å²) in [6.45, 7) is 3.26. The van der Waals surface area contributed by atoms with Crippen LogP contribution in [0.25, 0.3) is 0 Å². The molecule has 0 saturated carbocycles. The summed E-state index contributed by atoms with van der Waals surface area (Å²) in [7, 11) is 0. The largest absolute Gasteiger partial charge is 0.326 e. The Morgan fingerprint density at radius 3 is 2.52 bits per heavy atom. The van der Waals surface area contributed by atoms with Gasteiger partial charge in [0.1, 0.15) is 0 Å². The van der Waals surface area contributed by atoms with Gasteiger partial charge in [-0.3, -0.25) is 14.4 Å². The van der Waals surface area contributed by atoms with E-state index in [1.54, 1.807) is 36.4 Å². The molecule has 1 atom stereocenters. The highest BCUT2D eigenvalue weighted by Gasteiger charge is 2.23. The van der Waals surface area contributed by atoms with Crippen molar-refractivity contribution in [2.75, 3.05) is 16.0 Å². The van der Waals surface area contributed by atoms with Gasteiger partial charge >= 0.3 is 0 Å². The van der Waals surface area contributed by atoms with E-state index in [0.717, 1.165) is 4.90 Å². The molecule has 0 bridgehead atoms. The molecule has 2 aromatic rings. The lowest BCUT2D eigenvalue weighted by Gasteiger charge is -2.21. The molecule has 1 heterocycles. The molecule has 7 heteroatoms. The van der Waals surface area contributed by atoms with Crippen LogP contribution in [0, 0.1) is 0 Å². The normalized spacial score (nSPS) is 15.8. The average Bonchev–Trinajstić information content (AvgIpc) is 2.55. The zero-order valence-corrected chi connectivity index (χ0v) is 14.6. The number of anilines is 3. The van der Waals surface area contributed by atoms with E-state index in [2.05, 4.69) is 16.0 Å². The van der Waals surface area contributed by atoms with Crippen molar-refractivity contribution in [1.82, 2.24) is 0 Å². The summed E-state index contributed by atoms with van der Waals surface area (Å²) in [5.74, 6) is -0.542. The van der Waals surface area contributed by atoms with E-state index in [1.165, 1.54) is 18.7 Å². The minimum Gasteiger partial charge on any atom is -0.326 e. The molecule has 0 aromatic heterocycles. The van der Waals surface area contributed by atoms with E-state index in [0.29, 0.717) is 22.6 Å². The van der Waals surface area contributed by atoms with Crippen LogP contribution in [0.2, 0.25) is 0 Å². The standard InChI is InChI=1S/C18H17N3O3S/c1-10-17(23)21-15-8-12(6-7-16(15)25-10)18(24)20-14-5-3-4-13(9-14)19-11(2)22/h3-10H,1-2H3,(H,19,22)(H,20,24)(H,21,23)/t10-/m1/s1. The smallest absolute Gasteiger partial charge is 0.255 e. The van der Waals surface area contributed by atoms with Crippen LogP contribution in [-0.4, -0.2) is 23.0 Å². The van der Waals surface area contributed by atoms with E-state index in [-0.39, 0.29) is 23.0 Å². The van der Waals surface area contributed by atoms with Gasteiger partial charge in [-0.15, -0.1) is 11.8 Å². The van der Waals surface area contributed by atoms with Gasteiger partial charge in [-0.25, -0.2) is 0 Å². The summed E-state index contributed by atoms with van der Waals surface area (Å²) >= 11 is 1.47. The third-order valence-electron chi connectivity index (χ3n) is 3.61. The lowest BCUT2D eigenvalue weighted by Crippen LogP contribution is -2.26. The molecule has 0 fully saturated rings. The first-order valence-corrected chi connectivity index (χ1v) is 8.61. The fourth-order valence-corrected chi connectivity index (χ4v) is 3.36. The quantitative estimate of drug-likeness (QED) is 0.788. The van der Waals surface area contributed by atoms with Crippen LogP contribution >= 0.6 is 11.8 Å². The Morgan fingerprint density at radius 2 is 1.80 bits per heavy atom. The molecule has 128 valence electrons. The Labute approximate surface area is 149 Å². The average molecular weight is 355 g/mol. The van der Waals surface area contributed by atoms with E-state index >= 15 is 0 Å². The highest BCUT2D eigenvalue weighted by molar-refractivity contribution is 8.00. The SMILES string of the molecule is CC(=O)Nc1cccc(NC(=O)c2ccc3c(c2)NC(=O)[C@@H](C)S3)c1. The van der Waals surface area contributed by atoms with Gasteiger partial charge in [-0.1, -0.05) is 6.07 Å². The van der Waals surface area contributed by atoms with Gasteiger partial charge in [0.05, 0.1) is 10.9 Å². The maximum absolute atomic E-state index is 12.5. The lowest BCUT2D eigenvalue weighted by atomic mass is 10.1. The Kier molecular flexibility index (Phi) is 4.76. The molecule has 1 aliphatic rings. The highest BCUT2D eigenvalue weighted by atomic mass is 32.2. The first-order chi connectivity index (χ1) is 11.9.